The number of thiophene rings is 1. The Morgan fingerprint density at radius 3 is 2.82 bits per heavy atom. The van der Waals surface area contributed by atoms with E-state index in [0.29, 0.717) is 18.5 Å². The third-order valence-electron chi connectivity index (χ3n) is 8.10. The summed E-state index contributed by atoms with van der Waals surface area (Å²) in [6, 6.07) is 5.79. The molecule has 1 amide bonds. The average molecular weight is 626 g/mol. The molecule has 2 atom stereocenters. The summed E-state index contributed by atoms with van der Waals surface area (Å²) in [6.07, 6.45) is 0.187. The van der Waals surface area contributed by atoms with Crippen molar-refractivity contribution in [1.82, 2.24) is 14.9 Å². The quantitative estimate of drug-likeness (QED) is 0.244. The molecule has 2 N–H and O–H groups in total. The van der Waals surface area contributed by atoms with Crippen molar-refractivity contribution in [3.63, 3.8) is 0 Å². The molecule has 2 aliphatic rings. The molecule has 13 heteroatoms. The van der Waals surface area contributed by atoms with E-state index in [1.54, 1.807) is 27.7 Å². The van der Waals surface area contributed by atoms with E-state index in [1.807, 2.05) is 6.07 Å². The lowest BCUT2D eigenvalue weighted by Crippen LogP contribution is -2.43. The predicted molar refractivity (Wildman–Crippen MR) is 160 cm³/mol. The number of alkyl halides is 1. The van der Waals surface area contributed by atoms with Gasteiger partial charge in [0.05, 0.1) is 21.2 Å². The van der Waals surface area contributed by atoms with Gasteiger partial charge < -0.3 is 14.6 Å². The lowest BCUT2D eigenvalue weighted by Gasteiger charge is -2.30. The van der Waals surface area contributed by atoms with E-state index >= 15 is 8.78 Å². The number of aromatic nitrogens is 2. The molecule has 6 rings (SSSR count). The van der Waals surface area contributed by atoms with Crippen LogP contribution in [-0.4, -0.2) is 63.1 Å². The Morgan fingerprint density at radius 2 is 2.09 bits per heavy atom. The summed E-state index contributed by atoms with van der Waals surface area (Å²) in [5, 5.41) is 23.5. The van der Waals surface area contributed by atoms with E-state index in [9.17, 15) is 19.6 Å². The van der Waals surface area contributed by atoms with Crippen molar-refractivity contribution in [2.45, 2.75) is 64.3 Å². The lowest BCUT2D eigenvalue weighted by molar-refractivity contribution is 0.0636. The van der Waals surface area contributed by atoms with Crippen LogP contribution in [0.1, 0.15) is 51.2 Å². The molecule has 230 valence electrons. The third-order valence-corrected chi connectivity index (χ3v) is 9.22. The number of nitriles is 1. The second-order valence-corrected chi connectivity index (χ2v) is 13.3. The van der Waals surface area contributed by atoms with Crippen molar-refractivity contribution >= 4 is 43.4 Å². The highest BCUT2D eigenvalue weighted by atomic mass is 32.1. The Hall–Kier alpha value is -4.15. The summed E-state index contributed by atoms with van der Waals surface area (Å²) in [7, 11) is 0. The van der Waals surface area contributed by atoms with E-state index < -0.39 is 40.9 Å². The fourth-order valence-corrected chi connectivity index (χ4v) is 7.40. The van der Waals surface area contributed by atoms with Crippen molar-refractivity contribution in [2.24, 2.45) is 0 Å². The molecule has 9 nitrogen and oxygen atoms in total. The molecule has 4 aromatic rings. The first kappa shape index (κ1) is 29.9. The number of aryl methyl sites for hydroxylation is 1. The molecule has 0 saturated carbocycles. The Morgan fingerprint density at radius 1 is 1.32 bits per heavy atom. The van der Waals surface area contributed by atoms with Crippen LogP contribution < -0.4 is 10.1 Å². The Balaban J connectivity index is 1.43. The van der Waals surface area contributed by atoms with E-state index in [-0.39, 0.29) is 55.3 Å². The molecule has 2 fully saturated rings. The van der Waals surface area contributed by atoms with Gasteiger partial charge in [-0.2, -0.15) is 15.2 Å². The second kappa shape index (κ2) is 10.8. The number of rotatable bonds is 5. The second-order valence-electron chi connectivity index (χ2n) is 12.3. The molecule has 2 aromatic heterocycles. The SMILES string of the molecule is Cc1cc2c(O)nc(OC[C@@]34CCCN3C[C@H](F)C4)nc2c(F)c1-c1ccc(F)c2sc(NC(=O)OC(C)(C)C)c(C#N)c12. The van der Waals surface area contributed by atoms with Gasteiger partial charge in [0.25, 0.3) is 0 Å². The Labute approximate surface area is 255 Å². The Bertz CT molecular complexity index is 1870. The van der Waals surface area contributed by atoms with Crippen LogP contribution in [0.25, 0.3) is 32.1 Å². The summed E-state index contributed by atoms with van der Waals surface area (Å²) >= 11 is 0.836. The number of carbonyl (C=O) groups is 1. The molecule has 0 radical (unpaired) electrons. The number of amides is 1. The fraction of sp³-hybridized carbons (Fsp3) is 0.419. The molecule has 0 aliphatic carbocycles. The highest BCUT2D eigenvalue weighted by Crippen LogP contribution is 2.45. The zero-order valence-electron chi connectivity index (χ0n) is 24.6. The van der Waals surface area contributed by atoms with Crippen molar-refractivity contribution in [3.8, 4) is 29.1 Å². The maximum absolute atomic E-state index is 16.5. The summed E-state index contributed by atoms with van der Waals surface area (Å²) in [6.45, 7) is 7.84. The maximum atomic E-state index is 16.5. The van der Waals surface area contributed by atoms with Crippen LogP contribution in [0, 0.1) is 29.9 Å². The number of hydrogen-bond donors (Lipinski definition) is 2. The zero-order chi connectivity index (χ0) is 31.6. The number of halogens is 3. The minimum absolute atomic E-state index is 0.0290. The van der Waals surface area contributed by atoms with Crippen LogP contribution in [0.15, 0.2) is 18.2 Å². The van der Waals surface area contributed by atoms with Gasteiger partial charge in [-0.25, -0.2) is 18.0 Å². The van der Waals surface area contributed by atoms with Gasteiger partial charge >= 0.3 is 12.1 Å². The molecule has 0 spiro atoms. The van der Waals surface area contributed by atoms with Gasteiger partial charge in [-0.3, -0.25) is 10.2 Å². The van der Waals surface area contributed by atoms with Gasteiger partial charge in [0.1, 0.15) is 40.8 Å². The lowest BCUT2D eigenvalue weighted by atomic mass is 9.93. The minimum Gasteiger partial charge on any atom is -0.493 e. The standard InChI is InChI=1S/C31H30F3N5O4S/c1-15-10-18-24(36-28(37-26(18)40)42-14-31-8-5-9-39(31)13-16(32)11-31)23(34)21(15)17-6-7-20(33)25-22(17)19(12-35)27(44-25)38-29(41)43-30(2,3)4/h6-7,10,16H,5,8-9,11,13-14H2,1-4H3,(H,38,41)(H,36,37,40)/t16-,31+/m1/s1. The first-order valence-electron chi connectivity index (χ1n) is 14.2. The normalized spacial score (nSPS) is 20.2. The van der Waals surface area contributed by atoms with Crippen LogP contribution in [0.5, 0.6) is 11.9 Å². The number of anilines is 1. The molecular formula is C31H30F3N5O4S. The molecule has 2 aromatic carbocycles. The van der Waals surface area contributed by atoms with Crippen LogP contribution >= 0.6 is 11.3 Å². The van der Waals surface area contributed by atoms with Gasteiger partial charge in [-0.05, 0) is 70.3 Å². The maximum Gasteiger partial charge on any atom is 0.412 e. The monoisotopic (exact) mass is 625 g/mol. The van der Waals surface area contributed by atoms with Gasteiger partial charge in [-0.1, -0.05) is 6.07 Å². The van der Waals surface area contributed by atoms with Crippen LogP contribution in [0.4, 0.5) is 23.0 Å². The molecule has 2 saturated heterocycles. The number of nitrogens with zero attached hydrogens (tertiary/aromatic N) is 4. The van der Waals surface area contributed by atoms with Gasteiger partial charge in [0.2, 0.25) is 5.88 Å². The fourth-order valence-electron chi connectivity index (χ4n) is 6.33. The number of fused-ring (bicyclic) bond motifs is 3. The number of hydrogen-bond acceptors (Lipinski definition) is 9. The summed E-state index contributed by atoms with van der Waals surface area (Å²) in [5.74, 6) is -1.98. The van der Waals surface area contributed by atoms with Gasteiger partial charge in [0, 0.05) is 23.9 Å². The number of ether oxygens (including phenoxy) is 2. The molecular weight excluding hydrogens is 595 g/mol. The third kappa shape index (κ3) is 5.16. The molecule has 44 heavy (non-hydrogen) atoms. The Kier molecular flexibility index (Phi) is 7.33. The number of benzene rings is 2. The number of aromatic hydroxyl groups is 1. The first-order chi connectivity index (χ1) is 20.8. The highest BCUT2D eigenvalue weighted by molar-refractivity contribution is 7.23. The van der Waals surface area contributed by atoms with E-state index in [0.717, 1.165) is 36.8 Å². The highest BCUT2D eigenvalue weighted by Gasteiger charge is 2.49. The summed E-state index contributed by atoms with van der Waals surface area (Å²) in [4.78, 5) is 22.8. The van der Waals surface area contributed by atoms with Crippen LogP contribution in [0.2, 0.25) is 0 Å². The van der Waals surface area contributed by atoms with Gasteiger partial charge in [0.15, 0.2) is 5.82 Å². The van der Waals surface area contributed by atoms with E-state index in [2.05, 4.69) is 20.2 Å². The van der Waals surface area contributed by atoms with Crippen molar-refractivity contribution in [1.29, 1.82) is 5.26 Å². The number of nitrogens with one attached hydrogen (secondary N) is 1. The van der Waals surface area contributed by atoms with E-state index in [1.165, 1.54) is 12.1 Å². The summed E-state index contributed by atoms with van der Waals surface area (Å²) in [5.41, 5.74) is -1.00. The number of carbonyl (C=O) groups excluding carboxylic acids is 1. The van der Waals surface area contributed by atoms with Gasteiger partial charge in [-0.15, -0.1) is 11.3 Å². The predicted octanol–water partition coefficient (Wildman–Crippen LogP) is 6.98. The molecule has 0 bridgehead atoms. The van der Waals surface area contributed by atoms with Crippen molar-refractivity contribution in [3.05, 3.63) is 41.0 Å². The van der Waals surface area contributed by atoms with E-state index in [4.69, 9.17) is 9.47 Å². The van der Waals surface area contributed by atoms with Crippen molar-refractivity contribution < 1.29 is 32.5 Å². The first-order valence-corrected chi connectivity index (χ1v) is 15.0. The van der Waals surface area contributed by atoms with Crippen molar-refractivity contribution in [2.75, 3.05) is 25.0 Å². The summed E-state index contributed by atoms with van der Waals surface area (Å²) < 4.78 is 57.0. The zero-order valence-corrected chi connectivity index (χ0v) is 25.4. The van der Waals surface area contributed by atoms with Crippen LogP contribution in [0.3, 0.4) is 0 Å². The topological polar surface area (TPSA) is 121 Å². The largest absolute Gasteiger partial charge is 0.493 e. The molecule has 0 unspecified atom stereocenters. The molecule has 4 heterocycles. The smallest absolute Gasteiger partial charge is 0.412 e. The minimum atomic E-state index is -0.962. The molecule has 2 aliphatic heterocycles. The van der Waals surface area contributed by atoms with Crippen LogP contribution in [-0.2, 0) is 4.74 Å². The average Bonchev–Trinajstić information content (AvgIpc) is 3.58.